The Bertz CT molecular complexity index is 1480. The van der Waals surface area contributed by atoms with Crippen LogP contribution in [0, 0.1) is 11.8 Å². The number of ether oxygens (including phenoxy) is 2. The maximum Gasteiger partial charge on any atom is 0.251 e. The van der Waals surface area contributed by atoms with Gasteiger partial charge >= 0.3 is 0 Å². The van der Waals surface area contributed by atoms with Crippen LogP contribution in [0.3, 0.4) is 0 Å². The fourth-order valence-electron chi connectivity index (χ4n) is 7.27. The average molecular weight is 618 g/mol. The zero-order valence-corrected chi connectivity index (χ0v) is 26.2. The third-order valence-electron chi connectivity index (χ3n) is 9.21. The summed E-state index contributed by atoms with van der Waals surface area (Å²) in [5, 5.41) is 9.50. The van der Waals surface area contributed by atoms with Crippen molar-refractivity contribution in [2.45, 2.75) is 42.2 Å². The van der Waals surface area contributed by atoms with E-state index in [0.717, 1.165) is 11.4 Å². The van der Waals surface area contributed by atoms with Crippen molar-refractivity contribution in [1.82, 2.24) is 4.90 Å². The van der Waals surface area contributed by atoms with E-state index in [1.807, 2.05) is 80.6 Å². The van der Waals surface area contributed by atoms with Crippen LogP contribution in [0.4, 0.5) is 11.4 Å². The van der Waals surface area contributed by atoms with Crippen LogP contribution in [0.1, 0.15) is 26.7 Å². The van der Waals surface area contributed by atoms with Crippen molar-refractivity contribution in [2.24, 2.45) is 11.8 Å². The molecule has 10 heteroatoms. The van der Waals surface area contributed by atoms with Crippen LogP contribution in [-0.2, 0) is 14.4 Å². The van der Waals surface area contributed by atoms with Crippen molar-refractivity contribution in [2.75, 3.05) is 49.8 Å². The summed E-state index contributed by atoms with van der Waals surface area (Å²) in [6.45, 7) is 5.56. The molecule has 2 saturated heterocycles. The molecule has 0 radical (unpaired) electrons. The lowest BCUT2D eigenvalue weighted by Gasteiger charge is -2.37. The Morgan fingerprint density at radius 2 is 1.45 bits per heavy atom. The summed E-state index contributed by atoms with van der Waals surface area (Å²) < 4.78 is 9.29. The molecule has 4 aliphatic rings. The Labute approximate surface area is 262 Å². The summed E-state index contributed by atoms with van der Waals surface area (Å²) in [7, 11) is 1.60. The first-order chi connectivity index (χ1) is 21.3. The van der Waals surface area contributed by atoms with Gasteiger partial charge in [-0.2, -0.15) is 0 Å². The first-order valence-electron chi connectivity index (χ1n) is 15.2. The summed E-state index contributed by atoms with van der Waals surface area (Å²) in [6.07, 6.45) is 9.14. The van der Waals surface area contributed by atoms with E-state index in [2.05, 4.69) is 6.08 Å². The zero-order chi connectivity index (χ0) is 31.1. The number of unbranched alkanes of at least 4 members (excludes halogenated alkanes) is 1. The minimum Gasteiger partial charge on any atom is -0.497 e. The molecular weight excluding hydrogens is 578 g/mol. The number of fused-ring (bicyclic) bond motifs is 2. The van der Waals surface area contributed by atoms with Crippen molar-refractivity contribution in [3.8, 4) is 11.5 Å². The third-order valence-corrected chi connectivity index (χ3v) is 11.0. The van der Waals surface area contributed by atoms with E-state index in [9.17, 15) is 19.5 Å². The molecule has 4 aliphatic heterocycles. The number of amides is 3. The molecule has 5 atom stereocenters. The van der Waals surface area contributed by atoms with Gasteiger partial charge in [0, 0.05) is 42.4 Å². The summed E-state index contributed by atoms with van der Waals surface area (Å²) in [6, 6.07) is 14.0. The fraction of sp³-hybridized carbons (Fsp3) is 0.441. The monoisotopic (exact) mass is 617 g/mol. The molecule has 3 amide bonds. The van der Waals surface area contributed by atoms with Crippen LogP contribution in [0.2, 0.25) is 0 Å². The van der Waals surface area contributed by atoms with Gasteiger partial charge < -0.3 is 29.3 Å². The van der Waals surface area contributed by atoms with Gasteiger partial charge in [0.1, 0.15) is 17.5 Å². The predicted octanol–water partition coefficient (Wildman–Crippen LogP) is 4.06. The lowest BCUT2D eigenvalue weighted by atomic mass is 9.74. The molecule has 4 heterocycles. The first kappa shape index (κ1) is 30.3. The Balaban J connectivity index is 1.41. The molecule has 232 valence electrons. The number of hydrogen-bond donors (Lipinski definition) is 1. The summed E-state index contributed by atoms with van der Waals surface area (Å²) in [5.41, 5.74) is 1.45. The number of hydrogen-bond acceptors (Lipinski definition) is 7. The van der Waals surface area contributed by atoms with Crippen molar-refractivity contribution in [1.29, 1.82) is 0 Å². The number of anilines is 2. The molecule has 6 rings (SSSR count). The second-order valence-electron chi connectivity index (χ2n) is 11.8. The number of aliphatic hydroxyl groups excluding tert-OH is 1. The Morgan fingerprint density at radius 3 is 2.07 bits per heavy atom. The van der Waals surface area contributed by atoms with E-state index in [1.165, 1.54) is 0 Å². The van der Waals surface area contributed by atoms with Crippen molar-refractivity contribution < 1.29 is 29.0 Å². The maximum absolute atomic E-state index is 14.6. The second kappa shape index (κ2) is 12.0. The molecule has 2 aromatic carbocycles. The molecule has 1 unspecified atom stereocenters. The lowest BCUT2D eigenvalue weighted by Crippen LogP contribution is -2.53. The number of rotatable bonds is 9. The highest BCUT2D eigenvalue weighted by Gasteiger charge is 2.74. The summed E-state index contributed by atoms with van der Waals surface area (Å²) in [4.78, 5) is 48.9. The van der Waals surface area contributed by atoms with Crippen molar-refractivity contribution in [3.05, 3.63) is 72.8 Å². The highest BCUT2D eigenvalue weighted by Crippen LogP contribution is 2.65. The first-order valence-corrected chi connectivity index (χ1v) is 16.1. The van der Waals surface area contributed by atoms with E-state index < -0.39 is 27.4 Å². The van der Waals surface area contributed by atoms with Gasteiger partial charge in [0.15, 0.2) is 0 Å². The molecule has 0 aromatic heterocycles. The second-order valence-corrected chi connectivity index (χ2v) is 13.6. The van der Waals surface area contributed by atoms with Gasteiger partial charge in [0.2, 0.25) is 11.8 Å². The standard InChI is InChI=1S/C34H39N3O6S/c1-4-43-26-15-11-23(12-16-26)35-20-7-17-33(2)27(30(35)39)28-31(40)37(19-5-6-22-38)29-32(41)36(21-8-18-34(28,29)44-33)24-9-13-25(42-3)14-10-24/h7-18,27-29,38H,4-6,19-22H2,1-3H3/t27-,28+,29?,33+,34+/m1/s1. The lowest BCUT2D eigenvalue weighted by molar-refractivity contribution is -0.139. The van der Waals surface area contributed by atoms with Gasteiger partial charge in [-0.1, -0.05) is 24.3 Å². The molecular formula is C34H39N3O6S. The molecule has 1 spiro atoms. The predicted molar refractivity (Wildman–Crippen MR) is 171 cm³/mol. The topological polar surface area (TPSA) is 99.6 Å². The van der Waals surface area contributed by atoms with E-state index in [1.54, 1.807) is 33.6 Å². The van der Waals surface area contributed by atoms with Crippen LogP contribution in [0.25, 0.3) is 0 Å². The number of benzene rings is 2. The number of nitrogens with zero attached hydrogens (tertiary/aromatic N) is 3. The van der Waals surface area contributed by atoms with Gasteiger partial charge in [-0.05, 0) is 75.2 Å². The van der Waals surface area contributed by atoms with Crippen LogP contribution < -0.4 is 19.3 Å². The van der Waals surface area contributed by atoms with Crippen LogP contribution in [0.15, 0.2) is 72.8 Å². The van der Waals surface area contributed by atoms with Crippen molar-refractivity contribution >= 4 is 40.9 Å². The average Bonchev–Trinajstić information content (AvgIpc) is 3.28. The van der Waals surface area contributed by atoms with Gasteiger partial charge in [-0.25, -0.2) is 0 Å². The molecule has 9 nitrogen and oxygen atoms in total. The molecule has 2 fully saturated rings. The minimum absolute atomic E-state index is 0.00284. The van der Waals surface area contributed by atoms with Crippen LogP contribution in [0.5, 0.6) is 11.5 Å². The molecule has 0 bridgehead atoms. The van der Waals surface area contributed by atoms with E-state index >= 15 is 0 Å². The summed E-state index contributed by atoms with van der Waals surface area (Å²) >= 11 is 1.57. The fourth-order valence-corrected chi connectivity index (χ4v) is 9.43. The quantitative estimate of drug-likeness (QED) is 0.335. The smallest absolute Gasteiger partial charge is 0.251 e. The molecule has 44 heavy (non-hydrogen) atoms. The van der Waals surface area contributed by atoms with Gasteiger partial charge in [-0.3, -0.25) is 14.4 Å². The van der Waals surface area contributed by atoms with E-state index in [4.69, 9.17) is 9.47 Å². The summed E-state index contributed by atoms with van der Waals surface area (Å²) in [5.74, 6) is -0.478. The van der Waals surface area contributed by atoms with Gasteiger partial charge in [0.05, 0.1) is 30.3 Å². The third kappa shape index (κ3) is 4.88. The maximum atomic E-state index is 14.6. The Morgan fingerprint density at radius 1 is 0.841 bits per heavy atom. The largest absolute Gasteiger partial charge is 0.497 e. The van der Waals surface area contributed by atoms with Gasteiger partial charge in [0.25, 0.3) is 5.91 Å². The Kier molecular flexibility index (Phi) is 8.24. The highest BCUT2D eigenvalue weighted by atomic mass is 32.2. The normalized spacial score (nSPS) is 29.3. The minimum atomic E-state index is -0.935. The highest BCUT2D eigenvalue weighted by molar-refractivity contribution is 8.02. The van der Waals surface area contributed by atoms with Crippen LogP contribution >= 0.6 is 11.8 Å². The van der Waals surface area contributed by atoms with E-state index in [0.29, 0.717) is 50.5 Å². The SMILES string of the molecule is CCOc1ccc(N2CC=C[C@]3(C)S[C@]45C=CCN(c6ccc(OC)cc6)C(=O)C4N(CCCCO)C(=O)[C@@H]5[C@@H]3C2=O)cc1. The number of methoxy groups -OCH3 is 1. The number of carbonyl (C=O) groups is 3. The zero-order valence-electron chi connectivity index (χ0n) is 25.3. The van der Waals surface area contributed by atoms with Gasteiger partial charge in [-0.15, -0.1) is 11.8 Å². The molecule has 1 N–H and O–H groups in total. The molecule has 0 aliphatic carbocycles. The van der Waals surface area contributed by atoms with E-state index in [-0.39, 0.29) is 24.3 Å². The van der Waals surface area contributed by atoms with Crippen molar-refractivity contribution in [3.63, 3.8) is 0 Å². The van der Waals surface area contributed by atoms with Crippen LogP contribution in [-0.4, -0.2) is 83.2 Å². The molecule has 0 saturated carbocycles. The number of aliphatic hydroxyl groups is 1. The number of thioether (sulfide) groups is 1. The molecule has 2 aromatic rings. The number of likely N-dealkylation sites (tertiary alicyclic amines) is 1. The number of carbonyl (C=O) groups excluding carboxylic acids is 3. The Hall–Kier alpha value is -3.76.